The Morgan fingerprint density at radius 1 is 1.24 bits per heavy atom. The number of phenolic OH excluding ortho intramolecular Hbond substituents is 1. The first-order chi connectivity index (χ1) is 12.0. The lowest BCUT2D eigenvalue weighted by Gasteiger charge is -2.09. The molecule has 0 saturated heterocycles. The van der Waals surface area contributed by atoms with Crippen molar-refractivity contribution in [3.05, 3.63) is 52.5 Å². The number of phenols is 1. The van der Waals surface area contributed by atoms with E-state index in [9.17, 15) is 14.7 Å². The fourth-order valence-corrected chi connectivity index (χ4v) is 2.31. The van der Waals surface area contributed by atoms with Gasteiger partial charge in [-0.2, -0.15) is 5.10 Å². The zero-order valence-electron chi connectivity index (χ0n) is 13.3. The standard InChI is InChI=1S/C17H16BrN3O4/c1-25-15-5-3-2-4-13(15)20-16(23)9-17(24)21-19-10-11-8-12(18)6-7-14(11)22/h2-8,10,22H,9H2,1H3,(H,20,23)(H,21,24). The number of amides is 2. The van der Waals surface area contributed by atoms with Crippen LogP contribution in [0.4, 0.5) is 5.69 Å². The van der Waals surface area contributed by atoms with Gasteiger partial charge in [-0.05, 0) is 30.3 Å². The highest BCUT2D eigenvalue weighted by atomic mass is 79.9. The normalized spacial score (nSPS) is 10.5. The van der Waals surface area contributed by atoms with Crippen LogP contribution in [0.25, 0.3) is 0 Å². The number of aromatic hydroxyl groups is 1. The summed E-state index contributed by atoms with van der Waals surface area (Å²) in [6, 6.07) is 11.7. The molecule has 0 radical (unpaired) electrons. The summed E-state index contributed by atoms with van der Waals surface area (Å²) in [5.41, 5.74) is 3.14. The van der Waals surface area contributed by atoms with E-state index in [1.54, 1.807) is 36.4 Å². The summed E-state index contributed by atoms with van der Waals surface area (Å²) in [4.78, 5) is 23.6. The molecular formula is C17H16BrN3O4. The average Bonchev–Trinajstić information content (AvgIpc) is 2.58. The van der Waals surface area contributed by atoms with Gasteiger partial charge in [0.2, 0.25) is 11.8 Å². The van der Waals surface area contributed by atoms with E-state index in [4.69, 9.17) is 4.74 Å². The van der Waals surface area contributed by atoms with E-state index in [0.29, 0.717) is 17.0 Å². The number of para-hydroxylation sites is 2. The molecule has 7 nitrogen and oxygen atoms in total. The van der Waals surface area contributed by atoms with E-state index in [0.717, 1.165) is 4.47 Å². The number of hydrazone groups is 1. The van der Waals surface area contributed by atoms with Crippen molar-refractivity contribution >= 4 is 39.6 Å². The minimum atomic E-state index is -0.585. The molecule has 130 valence electrons. The molecule has 8 heteroatoms. The Labute approximate surface area is 152 Å². The number of methoxy groups -OCH3 is 1. The Bertz CT molecular complexity index is 808. The SMILES string of the molecule is COc1ccccc1NC(=O)CC(=O)NN=Cc1cc(Br)ccc1O. The fraction of sp³-hybridized carbons (Fsp3) is 0.118. The van der Waals surface area contributed by atoms with Gasteiger partial charge in [-0.25, -0.2) is 5.43 Å². The minimum Gasteiger partial charge on any atom is -0.507 e. The van der Waals surface area contributed by atoms with E-state index in [2.05, 4.69) is 31.8 Å². The topological polar surface area (TPSA) is 100 Å². The van der Waals surface area contributed by atoms with Crippen molar-refractivity contribution in [2.75, 3.05) is 12.4 Å². The molecule has 3 N–H and O–H groups in total. The molecule has 2 amide bonds. The number of benzene rings is 2. The highest BCUT2D eigenvalue weighted by Crippen LogP contribution is 2.23. The van der Waals surface area contributed by atoms with Crippen LogP contribution in [0.5, 0.6) is 11.5 Å². The summed E-state index contributed by atoms with van der Waals surface area (Å²) in [5, 5.41) is 16.0. The molecule has 0 aliphatic carbocycles. The molecule has 0 aliphatic rings. The van der Waals surface area contributed by atoms with Crippen LogP contribution in [0.15, 0.2) is 52.0 Å². The second kappa shape index (κ2) is 8.84. The van der Waals surface area contributed by atoms with Crippen LogP contribution in [-0.2, 0) is 9.59 Å². The molecule has 0 saturated carbocycles. The van der Waals surface area contributed by atoms with E-state index in [1.165, 1.54) is 19.4 Å². The minimum absolute atomic E-state index is 0.0233. The maximum Gasteiger partial charge on any atom is 0.249 e. The van der Waals surface area contributed by atoms with Gasteiger partial charge < -0.3 is 15.2 Å². The summed E-state index contributed by atoms with van der Waals surface area (Å²) in [6.45, 7) is 0. The molecule has 0 aromatic heterocycles. The van der Waals surface area contributed by atoms with E-state index in [-0.39, 0.29) is 5.75 Å². The first-order valence-corrected chi connectivity index (χ1v) is 8.02. The largest absolute Gasteiger partial charge is 0.507 e. The predicted molar refractivity (Wildman–Crippen MR) is 97.8 cm³/mol. The van der Waals surface area contributed by atoms with Crippen LogP contribution < -0.4 is 15.5 Å². The number of halogens is 1. The van der Waals surface area contributed by atoms with Crippen LogP contribution in [0.2, 0.25) is 0 Å². The van der Waals surface area contributed by atoms with Gasteiger partial charge in [-0.3, -0.25) is 9.59 Å². The number of hydrogen-bond acceptors (Lipinski definition) is 5. The van der Waals surface area contributed by atoms with Gasteiger partial charge in [0.05, 0.1) is 19.0 Å². The molecule has 25 heavy (non-hydrogen) atoms. The van der Waals surface area contributed by atoms with E-state index >= 15 is 0 Å². The van der Waals surface area contributed by atoms with Crippen molar-refractivity contribution in [2.24, 2.45) is 5.10 Å². The highest BCUT2D eigenvalue weighted by Gasteiger charge is 2.11. The van der Waals surface area contributed by atoms with Crippen molar-refractivity contribution in [1.82, 2.24) is 5.43 Å². The van der Waals surface area contributed by atoms with Gasteiger partial charge in [-0.15, -0.1) is 0 Å². The Morgan fingerprint density at radius 3 is 2.76 bits per heavy atom. The summed E-state index contributed by atoms with van der Waals surface area (Å²) in [5.74, 6) is -0.560. The quantitative estimate of drug-likeness (QED) is 0.390. The predicted octanol–water partition coefficient (Wildman–Crippen LogP) is 2.64. The summed E-state index contributed by atoms with van der Waals surface area (Å²) in [6.07, 6.45) is 0.885. The number of carbonyl (C=O) groups is 2. The van der Waals surface area contributed by atoms with Crippen LogP contribution in [-0.4, -0.2) is 30.2 Å². The van der Waals surface area contributed by atoms with Gasteiger partial charge in [-0.1, -0.05) is 28.1 Å². The molecule has 0 fully saturated rings. The Morgan fingerprint density at radius 2 is 2.00 bits per heavy atom. The van der Waals surface area contributed by atoms with E-state index < -0.39 is 18.2 Å². The Kier molecular flexibility index (Phi) is 6.53. The second-order valence-electron chi connectivity index (χ2n) is 4.92. The molecule has 2 aromatic carbocycles. The number of hydrogen-bond donors (Lipinski definition) is 3. The maximum atomic E-state index is 11.9. The lowest BCUT2D eigenvalue weighted by molar-refractivity contribution is -0.126. The van der Waals surface area contributed by atoms with Crippen LogP contribution in [0, 0.1) is 0 Å². The lowest BCUT2D eigenvalue weighted by atomic mass is 10.2. The number of rotatable bonds is 6. The average molecular weight is 406 g/mol. The highest BCUT2D eigenvalue weighted by molar-refractivity contribution is 9.10. The molecular weight excluding hydrogens is 390 g/mol. The number of carbonyl (C=O) groups excluding carboxylic acids is 2. The molecule has 2 rings (SSSR count). The fourth-order valence-electron chi connectivity index (χ4n) is 1.93. The third-order valence-electron chi connectivity index (χ3n) is 3.08. The molecule has 0 spiro atoms. The van der Waals surface area contributed by atoms with Gasteiger partial charge in [0.25, 0.3) is 0 Å². The lowest BCUT2D eigenvalue weighted by Crippen LogP contribution is -2.24. The van der Waals surface area contributed by atoms with Crippen molar-refractivity contribution in [1.29, 1.82) is 0 Å². The molecule has 2 aromatic rings. The van der Waals surface area contributed by atoms with Crippen molar-refractivity contribution in [3.8, 4) is 11.5 Å². The van der Waals surface area contributed by atoms with Crippen LogP contribution >= 0.6 is 15.9 Å². The third-order valence-corrected chi connectivity index (χ3v) is 3.58. The Balaban J connectivity index is 1.88. The van der Waals surface area contributed by atoms with Gasteiger partial charge in [0.15, 0.2) is 0 Å². The number of anilines is 1. The Hall–Kier alpha value is -2.87. The van der Waals surface area contributed by atoms with E-state index in [1.807, 2.05) is 0 Å². The molecule has 0 heterocycles. The zero-order valence-corrected chi connectivity index (χ0v) is 14.9. The van der Waals surface area contributed by atoms with Crippen LogP contribution in [0.1, 0.15) is 12.0 Å². The van der Waals surface area contributed by atoms with Crippen molar-refractivity contribution in [3.63, 3.8) is 0 Å². The third kappa shape index (κ3) is 5.61. The second-order valence-corrected chi connectivity index (χ2v) is 5.84. The zero-order chi connectivity index (χ0) is 18.2. The molecule has 0 atom stereocenters. The summed E-state index contributed by atoms with van der Waals surface area (Å²) >= 11 is 3.27. The van der Waals surface area contributed by atoms with Gasteiger partial charge in [0, 0.05) is 10.0 Å². The molecule has 0 unspecified atom stereocenters. The first kappa shape index (κ1) is 18.5. The first-order valence-electron chi connectivity index (χ1n) is 7.23. The van der Waals surface area contributed by atoms with Gasteiger partial charge in [0.1, 0.15) is 17.9 Å². The number of ether oxygens (including phenoxy) is 1. The molecule has 0 bridgehead atoms. The summed E-state index contributed by atoms with van der Waals surface area (Å²) < 4.78 is 5.88. The maximum absolute atomic E-state index is 11.9. The molecule has 0 aliphatic heterocycles. The van der Waals surface area contributed by atoms with Crippen molar-refractivity contribution < 1.29 is 19.4 Å². The number of nitrogens with zero attached hydrogens (tertiary/aromatic N) is 1. The number of nitrogens with one attached hydrogen (secondary N) is 2. The van der Waals surface area contributed by atoms with Crippen molar-refractivity contribution in [2.45, 2.75) is 6.42 Å². The van der Waals surface area contributed by atoms with Gasteiger partial charge >= 0.3 is 0 Å². The smallest absolute Gasteiger partial charge is 0.249 e. The van der Waals surface area contributed by atoms with Crippen LogP contribution in [0.3, 0.4) is 0 Å². The monoisotopic (exact) mass is 405 g/mol. The summed E-state index contributed by atoms with van der Waals surface area (Å²) in [7, 11) is 1.49.